The van der Waals surface area contributed by atoms with Crippen molar-refractivity contribution in [1.82, 2.24) is 4.98 Å². The number of aliphatic hydroxyl groups excluding tert-OH is 1. The monoisotopic (exact) mass is 274 g/mol. The molecule has 0 aliphatic heterocycles. The number of hydrogen-bond donors (Lipinski definition) is 1. The molecule has 2 aromatic rings. The van der Waals surface area contributed by atoms with E-state index in [0.717, 1.165) is 21.1 Å². The number of nitrogens with zero attached hydrogens (tertiary/aromatic N) is 2. The zero-order valence-electron chi connectivity index (χ0n) is 11.3. The van der Waals surface area contributed by atoms with Crippen LogP contribution in [0.15, 0.2) is 24.3 Å². The van der Waals surface area contributed by atoms with Gasteiger partial charge in [-0.1, -0.05) is 0 Å². The predicted molar refractivity (Wildman–Crippen MR) is 79.8 cm³/mol. The zero-order valence-corrected chi connectivity index (χ0v) is 12.1. The summed E-state index contributed by atoms with van der Waals surface area (Å²) in [6.45, 7) is 0.110. The van der Waals surface area contributed by atoms with E-state index in [1.807, 2.05) is 14.1 Å². The highest BCUT2D eigenvalue weighted by molar-refractivity contribution is 7.15. The van der Waals surface area contributed by atoms with Gasteiger partial charge in [-0.05, 0) is 37.1 Å². The molecule has 1 aliphatic carbocycles. The van der Waals surface area contributed by atoms with E-state index in [1.165, 1.54) is 18.5 Å². The summed E-state index contributed by atoms with van der Waals surface area (Å²) in [6.07, 6.45) is 2.44. The van der Waals surface area contributed by atoms with Crippen molar-refractivity contribution in [3.8, 4) is 10.6 Å². The Balaban J connectivity index is 1.92. The number of anilines is 1. The van der Waals surface area contributed by atoms with Crippen LogP contribution in [0.5, 0.6) is 0 Å². The van der Waals surface area contributed by atoms with Gasteiger partial charge in [0.15, 0.2) is 0 Å². The summed E-state index contributed by atoms with van der Waals surface area (Å²) in [6, 6.07) is 8.41. The van der Waals surface area contributed by atoms with Crippen LogP contribution in [0.3, 0.4) is 0 Å². The summed E-state index contributed by atoms with van der Waals surface area (Å²) in [4.78, 5) is 7.85. The van der Waals surface area contributed by atoms with E-state index >= 15 is 0 Å². The third-order valence-corrected chi connectivity index (χ3v) is 4.57. The first kappa shape index (κ1) is 12.6. The van der Waals surface area contributed by atoms with Gasteiger partial charge in [0, 0.05) is 31.3 Å². The maximum atomic E-state index is 9.44. The smallest absolute Gasteiger partial charge is 0.123 e. The Morgan fingerprint density at radius 2 is 1.95 bits per heavy atom. The number of benzene rings is 1. The predicted octanol–water partition coefficient (Wildman–Crippen LogP) is 3.25. The first-order chi connectivity index (χ1) is 9.19. The number of thiazole rings is 1. The fourth-order valence-corrected chi connectivity index (χ4v) is 3.19. The van der Waals surface area contributed by atoms with Gasteiger partial charge in [-0.2, -0.15) is 0 Å². The van der Waals surface area contributed by atoms with Gasteiger partial charge in [0.25, 0.3) is 0 Å². The van der Waals surface area contributed by atoms with E-state index in [1.54, 1.807) is 11.3 Å². The molecule has 3 nitrogen and oxygen atoms in total. The van der Waals surface area contributed by atoms with Gasteiger partial charge in [-0.25, -0.2) is 4.98 Å². The summed E-state index contributed by atoms with van der Waals surface area (Å²) in [7, 11) is 4.07. The van der Waals surface area contributed by atoms with Gasteiger partial charge >= 0.3 is 0 Å². The van der Waals surface area contributed by atoms with Crippen LogP contribution in [0.25, 0.3) is 10.6 Å². The van der Waals surface area contributed by atoms with Crippen molar-refractivity contribution in [2.24, 2.45) is 0 Å². The molecule has 0 atom stereocenters. The van der Waals surface area contributed by atoms with Crippen molar-refractivity contribution < 1.29 is 5.11 Å². The van der Waals surface area contributed by atoms with Crippen LogP contribution in [0, 0.1) is 0 Å². The molecule has 0 unspecified atom stereocenters. The highest BCUT2D eigenvalue weighted by Crippen LogP contribution is 2.44. The Bertz CT molecular complexity index is 570. The minimum Gasteiger partial charge on any atom is -0.391 e. The second-order valence-corrected chi connectivity index (χ2v) is 6.28. The zero-order chi connectivity index (χ0) is 13.4. The minimum absolute atomic E-state index is 0.110. The molecule has 1 aromatic carbocycles. The SMILES string of the molecule is CN(C)c1ccc(-c2nc(C3CC3)c(CO)s2)cc1. The molecule has 0 bridgehead atoms. The van der Waals surface area contributed by atoms with Gasteiger partial charge in [-0.3, -0.25) is 0 Å². The van der Waals surface area contributed by atoms with E-state index in [2.05, 4.69) is 29.2 Å². The lowest BCUT2D eigenvalue weighted by Crippen LogP contribution is -2.07. The molecular formula is C15H18N2OS. The van der Waals surface area contributed by atoms with Crippen LogP contribution >= 0.6 is 11.3 Å². The van der Waals surface area contributed by atoms with Gasteiger partial charge in [0.2, 0.25) is 0 Å². The number of aromatic nitrogens is 1. The topological polar surface area (TPSA) is 36.4 Å². The van der Waals surface area contributed by atoms with Crippen LogP contribution in [0.1, 0.15) is 29.3 Å². The van der Waals surface area contributed by atoms with Gasteiger partial charge in [0.05, 0.1) is 17.2 Å². The second kappa shape index (κ2) is 4.94. The summed E-state index contributed by atoms with van der Waals surface area (Å²) in [5, 5.41) is 10.5. The quantitative estimate of drug-likeness (QED) is 0.929. The summed E-state index contributed by atoms with van der Waals surface area (Å²) < 4.78 is 0. The number of rotatable bonds is 4. The van der Waals surface area contributed by atoms with Crippen molar-refractivity contribution in [2.45, 2.75) is 25.4 Å². The third kappa shape index (κ3) is 2.51. The largest absolute Gasteiger partial charge is 0.391 e. The molecule has 0 radical (unpaired) electrons. The van der Waals surface area contributed by atoms with Gasteiger partial charge < -0.3 is 10.0 Å². The van der Waals surface area contributed by atoms with Crippen molar-refractivity contribution in [2.75, 3.05) is 19.0 Å². The summed E-state index contributed by atoms with van der Waals surface area (Å²) in [5.41, 5.74) is 3.45. The lowest BCUT2D eigenvalue weighted by Gasteiger charge is -2.11. The average Bonchev–Trinajstić information content (AvgIpc) is 3.18. The number of hydrogen-bond acceptors (Lipinski definition) is 4. The van der Waals surface area contributed by atoms with Crippen LogP contribution in [0.2, 0.25) is 0 Å². The van der Waals surface area contributed by atoms with E-state index in [0.29, 0.717) is 5.92 Å². The molecule has 1 N–H and O–H groups in total. The average molecular weight is 274 g/mol. The summed E-state index contributed by atoms with van der Waals surface area (Å²) >= 11 is 1.62. The molecule has 1 fully saturated rings. The minimum atomic E-state index is 0.110. The first-order valence-electron chi connectivity index (χ1n) is 6.57. The summed E-state index contributed by atoms with van der Waals surface area (Å²) in [5.74, 6) is 0.591. The fourth-order valence-electron chi connectivity index (χ4n) is 2.18. The Hall–Kier alpha value is -1.39. The Labute approximate surface area is 117 Å². The molecule has 0 spiro atoms. The van der Waals surface area contributed by atoms with Crippen LogP contribution in [-0.4, -0.2) is 24.2 Å². The standard InChI is InChI=1S/C15H18N2OS/c1-17(2)12-7-5-11(6-8-12)15-16-14(10-3-4-10)13(9-18)19-15/h5-8,10,18H,3-4,9H2,1-2H3. The molecular weight excluding hydrogens is 256 g/mol. The lowest BCUT2D eigenvalue weighted by molar-refractivity contribution is 0.284. The van der Waals surface area contributed by atoms with E-state index in [-0.39, 0.29) is 6.61 Å². The molecule has 100 valence electrons. The first-order valence-corrected chi connectivity index (χ1v) is 7.39. The highest BCUT2D eigenvalue weighted by atomic mass is 32.1. The second-order valence-electron chi connectivity index (χ2n) is 5.20. The lowest BCUT2D eigenvalue weighted by atomic mass is 10.2. The normalized spacial score (nSPS) is 14.7. The van der Waals surface area contributed by atoms with E-state index in [9.17, 15) is 5.11 Å². The maximum Gasteiger partial charge on any atom is 0.123 e. The van der Waals surface area contributed by atoms with Crippen molar-refractivity contribution in [3.63, 3.8) is 0 Å². The van der Waals surface area contributed by atoms with Crippen LogP contribution < -0.4 is 4.90 Å². The van der Waals surface area contributed by atoms with Crippen molar-refractivity contribution in [1.29, 1.82) is 0 Å². The van der Waals surface area contributed by atoms with Gasteiger partial charge in [0.1, 0.15) is 5.01 Å². The molecule has 1 heterocycles. The molecule has 1 aliphatic rings. The molecule has 4 heteroatoms. The molecule has 0 saturated heterocycles. The molecule has 3 rings (SSSR count). The maximum absolute atomic E-state index is 9.44. The Morgan fingerprint density at radius 1 is 1.26 bits per heavy atom. The highest BCUT2D eigenvalue weighted by Gasteiger charge is 2.29. The van der Waals surface area contributed by atoms with Crippen molar-refractivity contribution >= 4 is 17.0 Å². The molecule has 1 aromatic heterocycles. The van der Waals surface area contributed by atoms with E-state index < -0.39 is 0 Å². The molecule has 1 saturated carbocycles. The Kier molecular flexibility index (Phi) is 3.29. The van der Waals surface area contributed by atoms with Gasteiger partial charge in [-0.15, -0.1) is 11.3 Å². The molecule has 0 amide bonds. The van der Waals surface area contributed by atoms with Crippen LogP contribution in [0.4, 0.5) is 5.69 Å². The fraction of sp³-hybridized carbons (Fsp3) is 0.400. The Morgan fingerprint density at radius 3 is 2.47 bits per heavy atom. The number of aliphatic hydroxyl groups is 1. The van der Waals surface area contributed by atoms with Crippen LogP contribution in [-0.2, 0) is 6.61 Å². The third-order valence-electron chi connectivity index (χ3n) is 3.47. The molecule has 19 heavy (non-hydrogen) atoms. The van der Waals surface area contributed by atoms with Crippen molar-refractivity contribution in [3.05, 3.63) is 34.8 Å². The van der Waals surface area contributed by atoms with E-state index in [4.69, 9.17) is 4.98 Å².